The number of thiol groups is 1. The van der Waals surface area contributed by atoms with E-state index in [1.54, 1.807) is 27.7 Å². The van der Waals surface area contributed by atoms with Gasteiger partial charge in [-0.2, -0.15) is 34.2 Å². The van der Waals surface area contributed by atoms with E-state index >= 15 is 0 Å². The molecule has 1 saturated heterocycles. The van der Waals surface area contributed by atoms with E-state index in [0.29, 0.717) is 25.4 Å². The molecule has 0 aliphatic carbocycles. The summed E-state index contributed by atoms with van der Waals surface area (Å²) in [6.45, 7) is 12.2. The molecule has 448 valence electrons. The number of aliphatic hydroxyl groups excluding tert-OH is 3. The summed E-state index contributed by atoms with van der Waals surface area (Å²) in [7, 11) is -0.909. The number of aliphatic carboxylic acids is 2. The molecule has 75 heavy (non-hydrogen) atoms. The van der Waals surface area contributed by atoms with Crippen molar-refractivity contribution in [1.29, 1.82) is 0 Å². The summed E-state index contributed by atoms with van der Waals surface area (Å²) in [5, 5.41) is 41.0. The number of carbonyl (C=O) groups is 7. The zero-order valence-electron chi connectivity index (χ0n) is 44.3. The second kappa shape index (κ2) is 53.3. The summed E-state index contributed by atoms with van der Waals surface area (Å²) in [5.74, 6) is -5.44. The van der Waals surface area contributed by atoms with Crippen molar-refractivity contribution in [1.82, 2.24) is 0 Å². The lowest BCUT2D eigenvalue weighted by Gasteiger charge is -2.22. The maximum absolute atomic E-state index is 11.5. The van der Waals surface area contributed by atoms with Gasteiger partial charge in [0, 0.05) is 18.8 Å². The molecule has 0 aromatic heterocycles. The molecule has 0 amide bonds. The standard InChI is InChI=1S/C8H16O4.C7H14O3.C7H14O2.C6H7F3O5.C6H12O6S.C5H10O4.C4H8O3S/c1-8(2,3)12-7(10)6-11-5-4-9;8-4-6-10-7-3-1-2-5-9-7;1-5-6(8)9-7(2,3)4;7-6(8,9)5(12)14-2-1-13-3-4(10)11;1-10-6(7)5-11-3-4-12-13(2,8)9;1-8-5(7)4-9-3-2-6;5-4(6)3-7-1-2-8/h9H,4-6H2,1-3H3;7-8H,1-6H2;5H2,1-4H3;1-3H2,(H,10,11);3-5H2,1-2H3;6H,2-4H2,1H3;8H,1-3H2,(H,5,6). The highest BCUT2D eigenvalue weighted by molar-refractivity contribution is 7.86. The molecule has 0 bridgehead atoms. The Morgan fingerprint density at radius 3 is 1.36 bits per heavy atom. The Bertz CT molecular complexity index is 1550. The molecule has 0 aromatic carbocycles. The van der Waals surface area contributed by atoms with Crippen LogP contribution in [0, 0.1) is 0 Å². The van der Waals surface area contributed by atoms with E-state index in [9.17, 15) is 55.2 Å². The molecule has 0 aromatic rings. The van der Waals surface area contributed by atoms with Crippen LogP contribution < -0.4 is 0 Å². The number of esters is 5. The van der Waals surface area contributed by atoms with Crippen molar-refractivity contribution >= 4 is 64.5 Å². The van der Waals surface area contributed by atoms with E-state index in [4.69, 9.17) is 54.0 Å². The van der Waals surface area contributed by atoms with Crippen molar-refractivity contribution in [2.24, 2.45) is 0 Å². The molecule has 1 aliphatic rings. The molecule has 0 saturated carbocycles. The predicted molar refractivity (Wildman–Crippen MR) is 258 cm³/mol. The third-order valence-electron chi connectivity index (χ3n) is 6.15. The van der Waals surface area contributed by atoms with Crippen LogP contribution in [0.3, 0.4) is 0 Å². The number of alkyl halides is 3. The molecule has 1 heterocycles. The van der Waals surface area contributed by atoms with Crippen molar-refractivity contribution in [3.05, 3.63) is 0 Å². The summed E-state index contributed by atoms with van der Waals surface area (Å²) in [6.07, 6.45) is -0.409. The molecule has 5 N–H and O–H groups in total. The summed E-state index contributed by atoms with van der Waals surface area (Å²) in [6, 6.07) is 0. The number of carbonyl (C=O) groups excluding carboxylic acids is 5. The van der Waals surface area contributed by atoms with E-state index in [2.05, 4.69) is 45.2 Å². The normalized spacial score (nSPS) is 12.8. The van der Waals surface area contributed by atoms with E-state index < -0.39 is 77.5 Å². The fraction of sp³-hybridized carbons (Fsp3) is 0.837. The maximum Gasteiger partial charge on any atom is 0.490 e. The van der Waals surface area contributed by atoms with Crippen molar-refractivity contribution in [3.8, 4) is 0 Å². The van der Waals surface area contributed by atoms with Gasteiger partial charge in [0.15, 0.2) is 6.29 Å². The van der Waals surface area contributed by atoms with E-state index in [0.717, 1.165) is 25.7 Å². The first-order chi connectivity index (χ1) is 34.7. The Labute approximate surface area is 441 Å². The van der Waals surface area contributed by atoms with Crippen molar-refractivity contribution in [2.75, 3.05) is 139 Å². The van der Waals surface area contributed by atoms with Gasteiger partial charge in [-0.15, -0.1) is 0 Å². The topological polar surface area (TPSA) is 375 Å². The van der Waals surface area contributed by atoms with Crippen molar-refractivity contribution in [3.63, 3.8) is 0 Å². The number of methoxy groups -OCH3 is 2. The van der Waals surface area contributed by atoms with Crippen LogP contribution in [-0.2, 0) is 105 Å². The second-order valence-corrected chi connectivity index (χ2v) is 17.5. The Balaban J connectivity index is -0.000000187. The monoisotopic (exact) mass is 1150 g/mol. The average Bonchev–Trinajstić information content (AvgIpc) is 3.30. The van der Waals surface area contributed by atoms with Gasteiger partial charge < -0.3 is 82.4 Å². The quantitative estimate of drug-likeness (QED) is 0.0221. The first kappa shape index (κ1) is 82.3. The molecule has 1 fully saturated rings. The number of carboxylic acids is 2. The molecule has 32 heteroatoms. The lowest BCUT2D eigenvalue weighted by atomic mass is 10.2. The summed E-state index contributed by atoms with van der Waals surface area (Å²) in [5.41, 5.74) is -0.799. The molecule has 1 unspecified atom stereocenters. The largest absolute Gasteiger partial charge is 0.490 e. The van der Waals surface area contributed by atoms with Gasteiger partial charge in [-0.1, -0.05) is 6.92 Å². The second-order valence-electron chi connectivity index (χ2n) is 15.5. The first-order valence-electron chi connectivity index (χ1n) is 22.4. The van der Waals surface area contributed by atoms with Crippen LogP contribution in [0.2, 0.25) is 0 Å². The summed E-state index contributed by atoms with van der Waals surface area (Å²) >= 11 is 3.81. The van der Waals surface area contributed by atoms with Gasteiger partial charge in [0.25, 0.3) is 10.1 Å². The molecule has 0 radical (unpaired) electrons. The molecule has 0 spiro atoms. The minimum absolute atomic E-state index is 0.0299. The number of hydrogen-bond donors (Lipinski definition) is 6. The van der Waals surface area contributed by atoms with Crippen LogP contribution in [0.5, 0.6) is 0 Å². The number of ether oxygens (including phenoxy) is 12. The van der Waals surface area contributed by atoms with Crippen LogP contribution in [0.4, 0.5) is 13.2 Å². The Kier molecular flexibility index (Phi) is 58.5. The van der Waals surface area contributed by atoms with Crippen LogP contribution >= 0.6 is 12.6 Å². The molecular formula is C43H81F3O27S2. The van der Waals surface area contributed by atoms with Crippen molar-refractivity contribution in [2.45, 2.75) is 97.8 Å². The third kappa shape index (κ3) is 84.1. The van der Waals surface area contributed by atoms with E-state index in [1.165, 1.54) is 20.6 Å². The zero-order valence-corrected chi connectivity index (χ0v) is 46.1. The molecule has 1 aliphatic heterocycles. The van der Waals surface area contributed by atoms with E-state index in [-0.39, 0.29) is 90.5 Å². The number of carboxylic acid groups (broad SMARTS) is 2. The van der Waals surface area contributed by atoms with Gasteiger partial charge in [-0.3, -0.25) is 8.98 Å². The van der Waals surface area contributed by atoms with Crippen LogP contribution in [0.15, 0.2) is 0 Å². The Morgan fingerprint density at radius 2 is 1.01 bits per heavy atom. The Hall–Kier alpha value is -4.06. The zero-order chi connectivity index (χ0) is 59.4. The van der Waals surface area contributed by atoms with Gasteiger partial charge in [0.05, 0.1) is 86.5 Å². The van der Waals surface area contributed by atoms with Gasteiger partial charge in [-0.05, 0) is 60.8 Å². The highest BCUT2D eigenvalue weighted by Crippen LogP contribution is 2.16. The van der Waals surface area contributed by atoms with Crippen LogP contribution in [0.1, 0.15) is 74.1 Å². The average molecular weight is 1150 g/mol. The van der Waals surface area contributed by atoms with Gasteiger partial charge in [0.1, 0.15) is 50.8 Å². The van der Waals surface area contributed by atoms with Gasteiger partial charge in [0.2, 0.25) is 0 Å². The third-order valence-corrected chi connectivity index (χ3v) is 6.93. The highest BCUT2D eigenvalue weighted by Gasteiger charge is 2.40. The molecule has 1 rings (SSSR count). The predicted octanol–water partition coefficient (Wildman–Crippen LogP) is 1.13. The molecule has 1 atom stereocenters. The molecule has 27 nitrogen and oxygen atoms in total. The van der Waals surface area contributed by atoms with Gasteiger partial charge in [-0.25, -0.2) is 28.8 Å². The van der Waals surface area contributed by atoms with Crippen LogP contribution in [-0.4, -0.2) is 238 Å². The first-order valence-corrected chi connectivity index (χ1v) is 24.8. The number of aliphatic hydroxyl groups is 3. The number of rotatable bonds is 27. The minimum atomic E-state index is -5.03. The van der Waals surface area contributed by atoms with Crippen molar-refractivity contribution < 1.29 is 142 Å². The van der Waals surface area contributed by atoms with Crippen LogP contribution in [0.25, 0.3) is 0 Å². The smallest absolute Gasteiger partial charge is 0.480 e. The number of hydrogen-bond acceptors (Lipinski definition) is 26. The Morgan fingerprint density at radius 1 is 0.600 bits per heavy atom. The summed E-state index contributed by atoms with van der Waals surface area (Å²) < 4.78 is 115. The maximum atomic E-state index is 11.5. The lowest BCUT2D eigenvalue weighted by Crippen LogP contribution is -2.27. The van der Waals surface area contributed by atoms with Gasteiger partial charge >= 0.3 is 48.0 Å². The van der Waals surface area contributed by atoms with E-state index in [1.807, 2.05) is 20.8 Å². The summed E-state index contributed by atoms with van der Waals surface area (Å²) in [4.78, 5) is 71.8. The molecular weight excluding hydrogens is 1070 g/mol. The minimum Gasteiger partial charge on any atom is -0.480 e. The lowest BCUT2D eigenvalue weighted by molar-refractivity contribution is -0.200. The fourth-order valence-corrected chi connectivity index (χ4v) is 3.93. The SMILES string of the molecule is CC(C)(C)OC(=O)COCCO.CCC(=O)OC(C)(C)C.COC(=O)COCCO.COC(=O)COCCOS(C)(=O)=O.O=C(O)COCCOC(=O)C(F)(F)F.O=C(O)COCCS.OCCOC1CCCCO1. The number of halogens is 3. The highest BCUT2D eigenvalue weighted by atomic mass is 32.2. The fourth-order valence-electron chi connectivity index (χ4n) is 3.43.